The molecule has 2 aromatic rings. The fraction of sp³-hybridized carbons (Fsp3) is 0.333. The number of methoxy groups -OCH3 is 2. The fourth-order valence-electron chi connectivity index (χ4n) is 1.80. The predicted octanol–water partition coefficient (Wildman–Crippen LogP) is 0.880. The van der Waals surface area contributed by atoms with Gasteiger partial charge >= 0.3 is 0 Å². The van der Waals surface area contributed by atoms with Crippen LogP contribution >= 0.6 is 0 Å². The second-order valence-corrected chi connectivity index (χ2v) is 3.83. The average Bonchev–Trinajstić information content (AvgIpc) is 2.83. The summed E-state index contributed by atoms with van der Waals surface area (Å²) in [6.45, 7) is 0. The lowest BCUT2D eigenvalue weighted by Crippen LogP contribution is -2.18. The maximum Gasteiger partial charge on any atom is 0.148 e. The summed E-state index contributed by atoms with van der Waals surface area (Å²) in [4.78, 5) is 4.15. The molecule has 0 aliphatic heterocycles. The van der Waals surface area contributed by atoms with E-state index in [4.69, 9.17) is 15.2 Å². The van der Waals surface area contributed by atoms with E-state index in [1.807, 2.05) is 12.1 Å². The van der Waals surface area contributed by atoms with Crippen molar-refractivity contribution in [2.24, 2.45) is 12.8 Å². The minimum atomic E-state index is -0.390. The Morgan fingerprint density at radius 1 is 1.28 bits per heavy atom. The van der Waals surface area contributed by atoms with Gasteiger partial charge in [0.2, 0.25) is 0 Å². The van der Waals surface area contributed by atoms with Gasteiger partial charge in [-0.25, -0.2) is 4.98 Å². The number of benzene rings is 1. The summed E-state index contributed by atoms with van der Waals surface area (Å²) in [5.74, 6) is 2.07. The van der Waals surface area contributed by atoms with E-state index in [1.54, 1.807) is 32.0 Å². The van der Waals surface area contributed by atoms with E-state index in [0.717, 1.165) is 11.3 Å². The molecule has 0 bridgehead atoms. The van der Waals surface area contributed by atoms with Gasteiger partial charge in [-0.3, -0.25) is 4.68 Å². The summed E-state index contributed by atoms with van der Waals surface area (Å²) >= 11 is 0. The second kappa shape index (κ2) is 5.05. The fourth-order valence-corrected chi connectivity index (χ4v) is 1.80. The molecule has 96 valence electrons. The number of ether oxygens (including phenoxy) is 2. The summed E-state index contributed by atoms with van der Waals surface area (Å²) < 4.78 is 12.1. The maximum atomic E-state index is 6.19. The van der Waals surface area contributed by atoms with Crippen molar-refractivity contribution in [1.82, 2.24) is 14.8 Å². The molecule has 2 N–H and O–H groups in total. The lowest BCUT2D eigenvalue weighted by Gasteiger charge is -2.15. The van der Waals surface area contributed by atoms with Crippen LogP contribution in [0.1, 0.15) is 17.4 Å². The average molecular weight is 248 g/mol. The molecule has 0 amide bonds. The van der Waals surface area contributed by atoms with Gasteiger partial charge in [0.05, 0.1) is 20.3 Å². The monoisotopic (exact) mass is 248 g/mol. The molecule has 6 nitrogen and oxygen atoms in total. The molecule has 1 aromatic carbocycles. The first-order valence-electron chi connectivity index (χ1n) is 5.48. The Bertz CT molecular complexity index is 539. The van der Waals surface area contributed by atoms with Crippen molar-refractivity contribution in [3.8, 4) is 11.5 Å². The molecule has 0 saturated carbocycles. The molecular formula is C12H16N4O2. The van der Waals surface area contributed by atoms with Crippen molar-refractivity contribution in [2.75, 3.05) is 14.2 Å². The van der Waals surface area contributed by atoms with Gasteiger partial charge in [0.25, 0.3) is 0 Å². The van der Waals surface area contributed by atoms with Crippen molar-refractivity contribution in [2.45, 2.75) is 6.04 Å². The zero-order valence-corrected chi connectivity index (χ0v) is 10.6. The van der Waals surface area contributed by atoms with Crippen molar-refractivity contribution >= 4 is 0 Å². The van der Waals surface area contributed by atoms with E-state index in [0.29, 0.717) is 11.6 Å². The van der Waals surface area contributed by atoms with Crippen LogP contribution in [0.15, 0.2) is 24.5 Å². The number of nitrogens with zero attached hydrogens (tertiary/aromatic N) is 3. The Morgan fingerprint density at radius 3 is 2.61 bits per heavy atom. The van der Waals surface area contributed by atoms with Gasteiger partial charge in [0.1, 0.15) is 23.7 Å². The molecule has 0 aliphatic rings. The molecule has 18 heavy (non-hydrogen) atoms. The Kier molecular flexibility index (Phi) is 3.47. The lowest BCUT2D eigenvalue weighted by molar-refractivity contribution is 0.389. The number of rotatable bonds is 4. The summed E-state index contributed by atoms with van der Waals surface area (Å²) in [7, 11) is 5.01. The first kappa shape index (κ1) is 12.4. The number of nitrogens with two attached hydrogens (primary N) is 1. The van der Waals surface area contributed by atoms with Crippen molar-refractivity contribution in [3.63, 3.8) is 0 Å². The summed E-state index contributed by atoms with van der Waals surface area (Å²) in [5.41, 5.74) is 7.03. The Hall–Kier alpha value is -2.08. The van der Waals surface area contributed by atoms with Crippen molar-refractivity contribution < 1.29 is 9.47 Å². The number of aromatic nitrogens is 3. The normalized spacial score (nSPS) is 12.2. The van der Waals surface area contributed by atoms with E-state index >= 15 is 0 Å². The maximum absolute atomic E-state index is 6.19. The van der Waals surface area contributed by atoms with Crippen LogP contribution < -0.4 is 15.2 Å². The molecule has 1 unspecified atom stereocenters. The largest absolute Gasteiger partial charge is 0.497 e. The molecule has 6 heteroatoms. The molecule has 2 rings (SSSR count). The second-order valence-electron chi connectivity index (χ2n) is 3.83. The van der Waals surface area contributed by atoms with Crippen LogP contribution in [0.3, 0.4) is 0 Å². The van der Waals surface area contributed by atoms with Gasteiger partial charge in [0.15, 0.2) is 0 Å². The number of hydrogen-bond acceptors (Lipinski definition) is 5. The molecule has 0 fully saturated rings. The Labute approximate surface area is 105 Å². The third-order valence-corrected chi connectivity index (χ3v) is 2.80. The van der Waals surface area contributed by atoms with Gasteiger partial charge < -0.3 is 15.2 Å². The minimum absolute atomic E-state index is 0.390. The lowest BCUT2D eigenvalue weighted by atomic mass is 10.1. The molecule has 1 aromatic heterocycles. The zero-order chi connectivity index (χ0) is 13.1. The van der Waals surface area contributed by atoms with Crippen LogP contribution in [0.25, 0.3) is 0 Å². The summed E-state index contributed by atoms with van der Waals surface area (Å²) in [5, 5.41) is 4.01. The summed E-state index contributed by atoms with van der Waals surface area (Å²) in [6, 6.07) is 5.12. The highest BCUT2D eigenvalue weighted by Gasteiger charge is 2.18. The highest BCUT2D eigenvalue weighted by atomic mass is 16.5. The molecular weight excluding hydrogens is 232 g/mol. The van der Waals surface area contributed by atoms with Gasteiger partial charge in [-0.1, -0.05) is 0 Å². The predicted molar refractivity (Wildman–Crippen MR) is 66.6 cm³/mol. The SMILES string of the molecule is COc1ccc(C(N)c2ncnn2C)c(OC)c1. The number of aryl methyl sites for hydroxylation is 1. The highest BCUT2D eigenvalue weighted by Crippen LogP contribution is 2.30. The molecule has 0 aliphatic carbocycles. The topological polar surface area (TPSA) is 75.2 Å². The van der Waals surface area contributed by atoms with Crippen LogP contribution in [0.2, 0.25) is 0 Å². The molecule has 1 heterocycles. The van der Waals surface area contributed by atoms with Crippen LogP contribution in [-0.2, 0) is 7.05 Å². The Morgan fingerprint density at radius 2 is 2.06 bits per heavy atom. The first-order valence-corrected chi connectivity index (χ1v) is 5.48. The van der Waals surface area contributed by atoms with E-state index in [9.17, 15) is 0 Å². The van der Waals surface area contributed by atoms with E-state index in [1.165, 1.54) is 6.33 Å². The molecule has 0 radical (unpaired) electrons. The number of hydrogen-bond donors (Lipinski definition) is 1. The van der Waals surface area contributed by atoms with Gasteiger partial charge in [-0.05, 0) is 12.1 Å². The van der Waals surface area contributed by atoms with E-state index in [2.05, 4.69) is 10.1 Å². The minimum Gasteiger partial charge on any atom is -0.497 e. The van der Waals surface area contributed by atoms with E-state index in [-0.39, 0.29) is 0 Å². The van der Waals surface area contributed by atoms with Crippen molar-refractivity contribution in [3.05, 3.63) is 35.9 Å². The van der Waals surface area contributed by atoms with Gasteiger partial charge in [-0.2, -0.15) is 5.10 Å². The highest BCUT2D eigenvalue weighted by molar-refractivity contribution is 5.44. The van der Waals surface area contributed by atoms with Crippen LogP contribution in [0.4, 0.5) is 0 Å². The molecule has 0 saturated heterocycles. The van der Waals surface area contributed by atoms with Crippen LogP contribution in [0.5, 0.6) is 11.5 Å². The van der Waals surface area contributed by atoms with Crippen molar-refractivity contribution in [1.29, 1.82) is 0 Å². The quantitative estimate of drug-likeness (QED) is 0.869. The smallest absolute Gasteiger partial charge is 0.148 e. The van der Waals surface area contributed by atoms with E-state index < -0.39 is 6.04 Å². The molecule has 0 spiro atoms. The first-order chi connectivity index (χ1) is 8.67. The summed E-state index contributed by atoms with van der Waals surface area (Å²) in [6.07, 6.45) is 1.48. The molecule has 1 atom stereocenters. The van der Waals surface area contributed by atoms with Crippen LogP contribution in [-0.4, -0.2) is 29.0 Å². The third kappa shape index (κ3) is 2.14. The van der Waals surface area contributed by atoms with Crippen LogP contribution in [0, 0.1) is 0 Å². The standard InChI is InChI=1S/C12H16N4O2/c1-16-12(14-7-15-16)11(13)9-5-4-8(17-2)6-10(9)18-3/h4-7,11H,13H2,1-3H3. The van der Waals surface area contributed by atoms with Gasteiger partial charge in [-0.15, -0.1) is 0 Å². The zero-order valence-electron chi connectivity index (χ0n) is 10.6. The third-order valence-electron chi connectivity index (χ3n) is 2.80. The van der Waals surface area contributed by atoms with Gasteiger partial charge in [0, 0.05) is 18.7 Å². The Balaban J connectivity index is 2.41.